The zero-order valence-corrected chi connectivity index (χ0v) is 11.9. The summed E-state index contributed by atoms with van der Waals surface area (Å²) < 4.78 is 32.3. The first-order valence-corrected chi connectivity index (χ1v) is 6.95. The van der Waals surface area contributed by atoms with Gasteiger partial charge < -0.3 is 14.8 Å². The zero-order valence-electron chi connectivity index (χ0n) is 11.9. The van der Waals surface area contributed by atoms with Crippen LogP contribution in [0, 0.1) is 11.6 Å². The molecule has 1 heterocycles. The lowest BCUT2D eigenvalue weighted by atomic mass is 10.1. The summed E-state index contributed by atoms with van der Waals surface area (Å²) in [5.41, 5.74) is -0.289. The van der Waals surface area contributed by atoms with Gasteiger partial charge in [0.15, 0.2) is 0 Å². The van der Waals surface area contributed by atoms with Crippen LogP contribution >= 0.6 is 0 Å². The van der Waals surface area contributed by atoms with Gasteiger partial charge in [0.05, 0.1) is 17.9 Å². The monoisotopic (exact) mass is 295 g/mol. The molecule has 5 heteroatoms. The van der Waals surface area contributed by atoms with E-state index < -0.39 is 17.7 Å². The Morgan fingerprint density at radius 2 is 1.90 bits per heavy atom. The second-order valence-electron chi connectivity index (χ2n) is 5.08. The van der Waals surface area contributed by atoms with Gasteiger partial charge in [-0.1, -0.05) is 6.07 Å². The minimum Gasteiger partial charge on any atom is -0.469 e. The lowest BCUT2D eigenvalue weighted by Gasteiger charge is -2.18. The first-order valence-electron chi connectivity index (χ1n) is 6.95. The number of benzene rings is 1. The fourth-order valence-electron chi connectivity index (χ4n) is 2.16. The number of aryl methyl sites for hydroxylation is 1. The third-order valence-corrected chi connectivity index (χ3v) is 3.40. The first-order chi connectivity index (χ1) is 10.1. The molecule has 0 fully saturated rings. The molecule has 2 rings (SSSR count). The van der Waals surface area contributed by atoms with Crippen molar-refractivity contribution in [3.05, 3.63) is 59.6 Å². The Morgan fingerprint density at radius 3 is 2.52 bits per heavy atom. The maximum absolute atomic E-state index is 13.5. The summed E-state index contributed by atoms with van der Waals surface area (Å²) in [4.78, 5) is 0. The molecular weight excluding hydrogens is 276 g/mol. The van der Waals surface area contributed by atoms with Gasteiger partial charge in [-0.25, -0.2) is 8.78 Å². The molecule has 21 heavy (non-hydrogen) atoms. The molecule has 2 aromatic rings. The number of aliphatic hydroxyl groups is 1. The summed E-state index contributed by atoms with van der Waals surface area (Å²) >= 11 is 0. The predicted octanol–water partition coefficient (Wildman–Crippen LogP) is 3.20. The number of hydrogen-bond donors (Lipinski definition) is 2. The molecular formula is C16H19F2NO2. The number of rotatable bonds is 7. The molecule has 0 spiro atoms. The van der Waals surface area contributed by atoms with Crippen LogP contribution in [0.15, 0.2) is 41.0 Å². The van der Waals surface area contributed by atoms with E-state index >= 15 is 0 Å². The summed E-state index contributed by atoms with van der Waals surface area (Å²) in [7, 11) is 0. The van der Waals surface area contributed by atoms with E-state index in [0.717, 1.165) is 30.7 Å². The van der Waals surface area contributed by atoms with Crippen LogP contribution in [0.25, 0.3) is 0 Å². The van der Waals surface area contributed by atoms with Crippen molar-refractivity contribution in [3.8, 4) is 0 Å². The lowest BCUT2D eigenvalue weighted by Crippen LogP contribution is -2.31. The maximum atomic E-state index is 13.5. The summed E-state index contributed by atoms with van der Waals surface area (Å²) in [6, 6.07) is 7.39. The van der Waals surface area contributed by atoms with Gasteiger partial charge in [0.1, 0.15) is 17.4 Å². The van der Waals surface area contributed by atoms with Crippen molar-refractivity contribution in [1.82, 2.24) is 5.32 Å². The topological polar surface area (TPSA) is 45.4 Å². The Morgan fingerprint density at radius 1 is 1.19 bits per heavy atom. The molecule has 2 atom stereocenters. The van der Waals surface area contributed by atoms with Crippen molar-refractivity contribution in [2.75, 3.05) is 6.54 Å². The van der Waals surface area contributed by atoms with Crippen molar-refractivity contribution in [2.24, 2.45) is 0 Å². The smallest absolute Gasteiger partial charge is 0.131 e. The van der Waals surface area contributed by atoms with Crippen LogP contribution in [0.3, 0.4) is 0 Å². The van der Waals surface area contributed by atoms with Gasteiger partial charge in [0.2, 0.25) is 0 Å². The van der Waals surface area contributed by atoms with Gasteiger partial charge in [0, 0.05) is 19.0 Å². The summed E-state index contributed by atoms with van der Waals surface area (Å²) in [6.07, 6.45) is 1.99. The molecule has 0 amide bonds. The Balaban J connectivity index is 1.81. The van der Waals surface area contributed by atoms with Crippen LogP contribution in [0.5, 0.6) is 0 Å². The SMILES string of the molecule is CC(CCc1ccco1)NCC(O)c1c(F)cccc1F. The van der Waals surface area contributed by atoms with Crippen LogP contribution in [0.2, 0.25) is 0 Å². The number of hydrogen-bond acceptors (Lipinski definition) is 3. The second-order valence-corrected chi connectivity index (χ2v) is 5.08. The number of halogens is 2. The zero-order chi connectivity index (χ0) is 15.2. The van der Waals surface area contributed by atoms with E-state index in [0.29, 0.717) is 0 Å². The third kappa shape index (κ3) is 4.37. The molecule has 0 aliphatic rings. The first kappa shape index (κ1) is 15.7. The molecule has 3 nitrogen and oxygen atoms in total. The van der Waals surface area contributed by atoms with Crippen molar-refractivity contribution in [2.45, 2.75) is 31.9 Å². The highest BCUT2D eigenvalue weighted by Crippen LogP contribution is 2.20. The summed E-state index contributed by atoms with van der Waals surface area (Å²) in [5, 5.41) is 13.0. The molecule has 0 saturated carbocycles. The lowest BCUT2D eigenvalue weighted by molar-refractivity contribution is 0.160. The van der Waals surface area contributed by atoms with Crippen LogP contribution in [0.4, 0.5) is 8.78 Å². The molecule has 0 saturated heterocycles. The Hall–Kier alpha value is -1.72. The van der Waals surface area contributed by atoms with E-state index in [1.807, 2.05) is 19.1 Å². The molecule has 2 N–H and O–H groups in total. The normalized spacial score (nSPS) is 14.1. The Bertz CT molecular complexity index is 537. The fourth-order valence-corrected chi connectivity index (χ4v) is 2.16. The molecule has 1 aromatic carbocycles. The molecule has 0 aliphatic heterocycles. The van der Waals surface area contributed by atoms with Gasteiger partial charge in [-0.2, -0.15) is 0 Å². The van der Waals surface area contributed by atoms with Gasteiger partial charge in [-0.05, 0) is 37.6 Å². The van der Waals surface area contributed by atoms with Crippen LogP contribution in [0.1, 0.15) is 30.8 Å². The quantitative estimate of drug-likeness (QED) is 0.824. The standard InChI is InChI=1S/C16H19F2NO2/c1-11(7-8-12-4-3-9-21-12)19-10-15(20)16-13(17)5-2-6-14(16)18/h2-6,9,11,15,19-20H,7-8,10H2,1H3. The average Bonchev–Trinajstić information content (AvgIpc) is 2.96. The number of nitrogens with one attached hydrogen (secondary N) is 1. The van der Waals surface area contributed by atoms with Crippen LogP contribution < -0.4 is 5.32 Å². The van der Waals surface area contributed by atoms with Gasteiger partial charge >= 0.3 is 0 Å². The molecule has 1 aromatic heterocycles. The Kier molecular flexibility index (Phi) is 5.47. The van der Waals surface area contributed by atoms with Crippen molar-refractivity contribution in [1.29, 1.82) is 0 Å². The highest BCUT2D eigenvalue weighted by Gasteiger charge is 2.18. The highest BCUT2D eigenvalue weighted by molar-refractivity contribution is 5.22. The van der Waals surface area contributed by atoms with E-state index in [4.69, 9.17) is 4.42 Å². The second kappa shape index (κ2) is 7.33. The van der Waals surface area contributed by atoms with Gasteiger partial charge in [0.25, 0.3) is 0 Å². The van der Waals surface area contributed by atoms with E-state index in [-0.39, 0.29) is 18.2 Å². The molecule has 0 bridgehead atoms. The predicted molar refractivity (Wildman–Crippen MR) is 75.8 cm³/mol. The van der Waals surface area contributed by atoms with Crippen LogP contribution in [-0.4, -0.2) is 17.7 Å². The minimum atomic E-state index is -1.21. The average molecular weight is 295 g/mol. The number of aliphatic hydroxyl groups excluding tert-OH is 1. The largest absolute Gasteiger partial charge is 0.469 e. The van der Waals surface area contributed by atoms with E-state index in [2.05, 4.69) is 5.32 Å². The molecule has 2 unspecified atom stereocenters. The third-order valence-electron chi connectivity index (χ3n) is 3.40. The van der Waals surface area contributed by atoms with Gasteiger partial charge in [-0.3, -0.25) is 0 Å². The Labute approximate surface area is 122 Å². The van der Waals surface area contributed by atoms with Crippen LogP contribution in [-0.2, 0) is 6.42 Å². The van der Waals surface area contributed by atoms with Crippen molar-refractivity contribution < 1.29 is 18.3 Å². The fraction of sp³-hybridized carbons (Fsp3) is 0.375. The van der Waals surface area contributed by atoms with Crippen molar-refractivity contribution in [3.63, 3.8) is 0 Å². The molecule has 0 aliphatic carbocycles. The molecule has 114 valence electrons. The van der Waals surface area contributed by atoms with E-state index in [1.165, 1.54) is 6.07 Å². The van der Waals surface area contributed by atoms with Crippen molar-refractivity contribution >= 4 is 0 Å². The highest BCUT2D eigenvalue weighted by atomic mass is 19.1. The summed E-state index contributed by atoms with van der Waals surface area (Å²) in [5.74, 6) is -0.565. The minimum absolute atomic E-state index is 0.0944. The maximum Gasteiger partial charge on any atom is 0.131 e. The van der Waals surface area contributed by atoms with E-state index in [9.17, 15) is 13.9 Å². The molecule has 0 radical (unpaired) electrons. The summed E-state index contributed by atoms with van der Waals surface area (Å²) in [6.45, 7) is 2.05. The van der Waals surface area contributed by atoms with Gasteiger partial charge in [-0.15, -0.1) is 0 Å². The van der Waals surface area contributed by atoms with E-state index in [1.54, 1.807) is 6.26 Å². The number of furan rings is 1.